The molecule has 2 heterocycles. The molecule has 1 aliphatic rings. The molecule has 1 aromatic carbocycles. The van der Waals surface area contributed by atoms with E-state index in [1.165, 1.54) is 16.6 Å². The van der Waals surface area contributed by atoms with Gasteiger partial charge in [-0.2, -0.15) is 4.31 Å². The maximum absolute atomic E-state index is 13.0. The predicted molar refractivity (Wildman–Crippen MR) is 105 cm³/mol. The van der Waals surface area contributed by atoms with Gasteiger partial charge < -0.3 is 9.32 Å². The van der Waals surface area contributed by atoms with Crippen LogP contribution in [0.3, 0.4) is 0 Å². The number of rotatable bonds is 5. The van der Waals surface area contributed by atoms with E-state index in [4.69, 9.17) is 4.42 Å². The average molecular weight is 421 g/mol. The van der Waals surface area contributed by atoms with Crippen LogP contribution in [0.15, 0.2) is 45.9 Å². The highest BCUT2D eigenvalue weighted by Gasteiger charge is 2.32. The molecular weight excluding hydrogens is 396 g/mol. The van der Waals surface area contributed by atoms with E-state index in [0.717, 1.165) is 16.0 Å². The monoisotopic (exact) mass is 421 g/mol. The molecule has 0 bridgehead atoms. The molecule has 10 heteroatoms. The number of aryl methyl sites for hydroxylation is 2. The van der Waals surface area contributed by atoms with Crippen LogP contribution < -0.4 is 15.8 Å². The van der Waals surface area contributed by atoms with E-state index in [0.29, 0.717) is 31.1 Å². The van der Waals surface area contributed by atoms with Crippen LogP contribution in [0.2, 0.25) is 0 Å². The molecular formula is C19H25N4O5S+. The maximum atomic E-state index is 13.0. The summed E-state index contributed by atoms with van der Waals surface area (Å²) in [4.78, 5) is 25.1. The van der Waals surface area contributed by atoms with Gasteiger partial charge in [-0.05, 0) is 43.2 Å². The fourth-order valence-electron chi connectivity index (χ4n) is 3.21. The summed E-state index contributed by atoms with van der Waals surface area (Å²) in [5, 5.41) is 0. The van der Waals surface area contributed by atoms with Gasteiger partial charge in [0.25, 0.3) is 5.91 Å². The molecule has 9 nitrogen and oxygen atoms in total. The Labute approximate surface area is 169 Å². The van der Waals surface area contributed by atoms with Gasteiger partial charge >= 0.3 is 5.91 Å². The van der Waals surface area contributed by atoms with Gasteiger partial charge in [0, 0.05) is 0 Å². The summed E-state index contributed by atoms with van der Waals surface area (Å²) in [6, 6.07) is 8.46. The van der Waals surface area contributed by atoms with E-state index in [1.807, 2.05) is 19.1 Å². The standard InChI is InChI=1S/C19H24N4O5S/c1-14-5-6-15(2)17(12-14)29(26,27)23-9-7-22(8-10-23)13-18(24)20-21-19(25)16-4-3-11-28-16/h3-6,11-12H,7-10,13H2,1-2H3,(H,20,24)(H,21,25)/p+1. The van der Waals surface area contributed by atoms with E-state index >= 15 is 0 Å². The van der Waals surface area contributed by atoms with Crippen molar-refractivity contribution in [1.82, 2.24) is 15.2 Å². The van der Waals surface area contributed by atoms with Crippen LogP contribution in [-0.4, -0.2) is 57.3 Å². The number of nitrogens with one attached hydrogen (secondary N) is 3. The molecule has 0 unspecified atom stereocenters. The molecule has 0 saturated carbocycles. The zero-order valence-corrected chi connectivity index (χ0v) is 17.2. The van der Waals surface area contributed by atoms with Crippen molar-refractivity contribution in [3.05, 3.63) is 53.5 Å². The third kappa shape index (κ3) is 5.03. The number of hydrogen-bond acceptors (Lipinski definition) is 5. The lowest BCUT2D eigenvalue weighted by Gasteiger charge is -2.31. The Hall–Kier alpha value is -2.69. The van der Waals surface area contributed by atoms with Gasteiger partial charge in [-0.1, -0.05) is 12.1 Å². The maximum Gasteiger partial charge on any atom is 0.305 e. The van der Waals surface area contributed by atoms with Crippen molar-refractivity contribution >= 4 is 21.8 Å². The first kappa shape index (κ1) is 21.0. The summed E-state index contributed by atoms with van der Waals surface area (Å²) in [6.07, 6.45) is 1.37. The Kier molecular flexibility index (Phi) is 6.36. The highest BCUT2D eigenvalue weighted by molar-refractivity contribution is 7.89. The smallest absolute Gasteiger partial charge is 0.305 e. The lowest BCUT2D eigenvalue weighted by atomic mass is 10.2. The molecule has 0 radical (unpaired) electrons. The Bertz CT molecular complexity index is 980. The topological polar surface area (TPSA) is 113 Å². The Morgan fingerprint density at radius 2 is 1.86 bits per heavy atom. The Balaban J connectivity index is 1.50. The zero-order chi connectivity index (χ0) is 21.0. The normalized spacial score (nSPS) is 15.8. The summed E-state index contributed by atoms with van der Waals surface area (Å²) >= 11 is 0. The number of quaternary nitrogens is 1. The molecule has 0 atom stereocenters. The van der Waals surface area contributed by atoms with Crippen molar-refractivity contribution in [2.45, 2.75) is 18.7 Å². The van der Waals surface area contributed by atoms with Gasteiger partial charge in [0.15, 0.2) is 12.3 Å². The minimum Gasteiger partial charge on any atom is -0.459 e. The highest BCUT2D eigenvalue weighted by Crippen LogP contribution is 2.21. The molecule has 3 rings (SSSR count). The van der Waals surface area contributed by atoms with Crippen LogP contribution in [0.4, 0.5) is 0 Å². The van der Waals surface area contributed by atoms with E-state index in [1.54, 1.807) is 19.1 Å². The van der Waals surface area contributed by atoms with Crippen LogP contribution in [-0.2, 0) is 14.8 Å². The molecule has 29 heavy (non-hydrogen) atoms. The minimum atomic E-state index is -3.56. The van der Waals surface area contributed by atoms with E-state index in [2.05, 4.69) is 10.9 Å². The van der Waals surface area contributed by atoms with Crippen LogP contribution in [0, 0.1) is 13.8 Å². The summed E-state index contributed by atoms with van der Waals surface area (Å²) in [6.45, 7) is 5.45. The van der Waals surface area contributed by atoms with Crippen molar-refractivity contribution in [2.75, 3.05) is 32.7 Å². The molecule has 1 saturated heterocycles. The number of hydrogen-bond donors (Lipinski definition) is 3. The second-order valence-electron chi connectivity index (χ2n) is 7.08. The molecule has 3 N–H and O–H groups in total. The van der Waals surface area contributed by atoms with E-state index < -0.39 is 15.9 Å². The lowest BCUT2D eigenvalue weighted by molar-refractivity contribution is -0.895. The first-order valence-corrected chi connectivity index (χ1v) is 10.7. The number of furan rings is 1. The second kappa shape index (κ2) is 8.76. The zero-order valence-electron chi connectivity index (χ0n) is 16.4. The third-order valence-electron chi connectivity index (χ3n) is 4.86. The molecule has 0 aliphatic carbocycles. The highest BCUT2D eigenvalue weighted by atomic mass is 32.2. The number of hydrazine groups is 1. The van der Waals surface area contributed by atoms with Crippen LogP contribution in [0.1, 0.15) is 21.7 Å². The number of sulfonamides is 1. The average Bonchev–Trinajstić information content (AvgIpc) is 3.23. The summed E-state index contributed by atoms with van der Waals surface area (Å²) < 4.78 is 32.3. The number of amides is 2. The molecule has 156 valence electrons. The third-order valence-corrected chi connectivity index (χ3v) is 6.90. The van der Waals surface area contributed by atoms with Crippen molar-refractivity contribution in [1.29, 1.82) is 0 Å². The van der Waals surface area contributed by atoms with Crippen LogP contribution in [0.5, 0.6) is 0 Å². The van der Waals surface area contributed by atoms with E-state index in [9.17, 15) is 18.0 Å². The fraction of sp³-hybridized carbons (Fsp3) is 0.368. The number of carbonyl (C=O) groups is 2. The van der Waals surface area contributed by atoms with Gasteiger partial charge in [-0.15, -0.1) is 0 Å². The van der Waals surface area contributed by atoms with E-state index in [-0.39, 0.29) is 18.2 Å². The number of benzene rings is 1. The molecule has 0 spiro atoms. The summed E-state index contributed by atoms with van der Waals surface area (Å²) in [5.41, 5.74) is 6.25. The summed E-state index contributed by atoms with van der Waals surface area (Å²) in [7, 11) is -3.56. The first-order chi connectivity index (χ1) is 13.8. The predicted octanol–water partition coefficient (Wildman–Crippen LogP) is -0.753. The fourth-order valence-corrected chi connectivity index (χ4v) is 4.96. The second-order valence-corrected chi connectivity index (χ2v) is 8.99. The van der Waals surface area contributed by atoms with Crippen molar-refractivity contribution in [3.63, 3.8) is 0 Å². The Morgan fingerprint density at radius 1 is 1.14 bits per heavy atom. The van der Waals surface area contributed by atoms with Crippen LogP contribution in [0.25, 0.3) is 0 Å². The summed E-state index contributed by atoms with van der Waals surface area (Å²) in [5.74, 6) is -0.795. The van der Waals surface area contributed by atoms with Crippen LogP contribution >= 0.6 is 0 Å². The van der Waals surface area contributed by atoms with Crippen molar-refractivity contribution < 1.29 is 27.3 Å². The van der Waals surface area contributed by atoms with Gasteiger partial charge in [0.2, 0.25) is 10.0 Å². The number of nitrogens with zero attached hydrogens (tertiary/aromatic N) is 1. The van der Waals surface area contributed by atoms with Crippen molar-refractivity contribution in [3.8, 4) is 0 Å². The Morgan fingerprint density at radius 3 is 2.52 bits per heavy atom. The molecule has 1 aliphatic heterocycles. The van der Waals surface area contributed by atoms with Gasteiger partial charge in [0.1, 0.15) is 0 Å². The van der Waals surface area contributed by atoms with Gasteiger partial charge in [-0.25, -0.2) is 8.42 Å². The largest absolute Gasteiger partial charge is 0.459 e. The minimum absolute atomic E-state index is 0.0999. The quantitative estimate of drug-likeness (QED) is 0.550. The first-order valence-electron chi connectivity index (χ1n) is 9.31. The van der Waals surface area contributed by atoms with Gasteiger partial charge in [-0.3, -0.25) is 20.4 Å². The number of carbonyl (C=O) groups excluding carboxylic acids is 2. The molecule has 2 aromatic rings. The number of piperazine rings is 1. The van der Waals surface area contributed by atoms with Gasteiger partial charge in [0.05, 0.1) is 37.3 Å². The SMILES string of the molecule is Cc1ccc(C)c(S(=O)(=O)N2CC[NH+](CC(=O)NNC(=O)c3ccco3)CC2)c1. The molecule has 2 amide bonds. The molecule has 1 aromatic heterocycles. The molecule has 1 fully saturated rings. The van der Waals surface area contributed by atoms with Crippen molar-refractivity contribution in [2.24, 2.45) is 0 Å². The lowest BCUT2D eigenvalue weighted by Crippen LogP contribution is -3.16.